The lowest BCUT2D eigenvalue weighted by atomic mass is 10.2. The van der Waals surface area contributed by atoms with Gasteiger partial charge in [0.25, 0.3) is 0 Å². The van der Waals surface area contributed by atoms with Gasteiger partial charge in [-0.15, -0.1) is 0 Å². The second-order valence-corrected chi connectivity index (χ2v) is 4.68. The Morgan fingerprint density at radius 2 is 1.89 bits per heavy atom. The molecule has 0 aliphatic rings. The summed E-state index contributed by atoms with van der Waals surface area (Å²) in [5.41, 5.74) is 8.73. The van der Waals surface area contributed by atoms with Gasteiger partial charge in [-0.3, -0.25) is 0 Å². The first kappa shape index (κ1) is 13.3. The van der Waals surface area contributed by atoms with E-state index in [9.17, 15) is 0 Å². The van der Waals surface area contributed by atoms with Gasteiger partial charge in [0.15, 0.2) is 0 Å². The van der Waals surface area contributed by atoms with E-state index in [1.807, 2.05) is 25.1 Å². The molecule has 0 radical (unpaired) electrons. The summed E-state index contributed by atoms with van der Waals surface area (Å²) in [7, 11) is 0. The van der Waals surface area contributed by atoms with Crippen LogP contribution in [-0.2, 0) is 6.54 Å². The van der Waals surface area contributed by atoms with Crippen molar-refractivity contribution in [3.8, 4) is 0 Å². The fraction of sp³-hybridized carbons (Fsp3) is 0.333. The average molecular weight is 256 g/mol. The number of hydrogen-bond acceptors (Lipinski definition) is 4. The maximum absolute atomic E-state index is 5.71. The summed E-state index contributed by atoms with van der Waals surface area (Å²) in [4.78, 5) is 10.8. The van der Waals surface area contributed by atoms with Gasteiger partial charge >= 0.3 is 0 Å². The number of nitrogens with zero attached hydrogens (tertiary/aromatic N) is 3. The van der Waals surface area contributed by atoms with Crippen LogP contribution in [0.2, 0.25) is 0 Å². The fourth-order valence-corrected chi connectivity index (χ4v) is 2.00. The molecule has 0 atom stereocenters. The summed E-state index contributed by atoms with van der Waals surface area (Å²) in [5, 5.41) is 0. The zero-order valence-corrected chi connectivity index (χ0v) is 11.5. The van der Waals surface area contributed by atoms with Gasteiger partial charge in [0.2, 0.25) is 0 Å². The summed E-state index contributed by atoms with van der Waals surface area (Å²) in [6.45, 7) is 5.97. The first-order chi connectivity index (χ1) is 9.19. The first-order valence-corrected chi connectivity index (χ1v) is 6.57. The van der Waals surface area contributed by atoms with Crippen molar-refractivity contribution in [3.05, 3.63) is 47.9 Å². The third kappa shape index (κ3) is 3.68. The molecule has 1 aromatic heterocycles. The Morgan fingerprint density at radius 1 is 1.16 bits per heavy atom. The normalized spacial score (nSPS) is 10.4. The molecule has 2 aromatic rings. The van der Waals surface area contributed by atoms with Gasteiger partial charge in [0.1, 0.15) is 12.1 Å². The summed E-state index contributed by atoms with van der Waals surface area (Å²) >= 11 is 0. The van der Waals surface area contributed by atoms with Crippen molar-refractivity contribution in [1.82, 2.24) is 9.97 Å². The molecular formula is C15H20N4. The van der Waals surface area contributed by atoms with Crippen molar-refractivity contribution < 1.29 is 0 Å². The summed E-state index contributed by atoms with van der Waals surface area (Å²) in [5.74, 6) is 0.978. The van der Waals surface area contributed by atoms with E-state index in [1.54, 1.807) is 6.33 Å². The van der Waals surface area contributed by atoms with Crippen molar-refractivity contribution in [1.29, 1.82) is 0 Å². The lowest BCUT2D eigenvalue weighted by molar-refractivity contribution is 0.751. The molecule has 19 heavy (non-hydrogen) atoms. The standard InChI is InChI=1S/C15H20N4/c1-3-8-19(15-9-12(2)17-11-18-15)10-13-4-6-14(16)7-5-13/h4-7,9,11H,3,8,10,16H2,1-2H3. The van der Waals surface area contributed by atoms with E-state index in [-0.39, 0.29) is 0 Å². The maximum Gasteiger partial charge on any atom is 0.132 e. The van der Waals surface area contributed by atoms with Crippen LogP contribution in [0.5, 0.6) is 0 Å². The third-order valence-electron chi connectivity index (χ3n) is 2.96. The molecule has 1 heterocycles. The average Bonchev–Trinajstić information content (AvgIpc) is 2.41. The Balaban J connectivity index is 2.18. The molecule has 0 bridgehead atoms. The summed E-state index contributed by atoms with van der Waals surface area (Å²) < 4.78 is 0. The van der Waals surface area contributed by atoms with E-state index in [2.05, 4.69) is 33.9 Å². The predicted molar refractivity (Wildman–Crippen MR) is 79.0 cm³/mol. The Labute approximate surface area is 114 Å². The number of benzene rings is 1. The highest BCUT2D eigenvalue weighted by Crippen LogP contribution is 2.16. The monoisotopic (exact) mass is 256 g/mol. The van der Waals surface area contributed by atoms with Gasteiger partial charge < -0.3 is 10.6 Å². The van der Waals surface area contributed by atoms with Crippen LogP contribution in [0.1, 0.15) is 24.6 Å². The molecule has 0 unspecified atom stereocenters. The lowest BCUT2D eigenvalue weighted by Gasteiger charge is -2.23. The molecule has 4 nitrogen and oxygen atoms in total. The largest absolute Gasteiger partial charge is 0.399 e. The minimum absolute atomic E-state index is 0.795. The SMILES string of the molecule is CCCN(Cc1ccc(N)cc1)c1cc(C)ncn1. The van der Waals surface area contributed by atoms with Gasteiger partial charge in [0.05, 0.1) is 0 Å². The highest BCUT2D eigenvalue weighted by atomic mass is 15.2. The minimum Gasteiger partial charge on any atom is -0.399 e. The smallest absolute Gasteiger partial charge is 0.132 e. The molecule has 0 spiro atoms. The molecule has 1 aromatic carbocycles. The molecule has 0 fully saturated rings. The summed E-state index contributed by atoms with van der Waals surface area (Å²) in [6.07, 6.45) is 2.70. The van der Waals surface area contributed by atoms with Crippen LogP contribution in [0, 0.1) is 6.92 Å². The highest BCUT2D eigenvalue weighted by molar-refractivity contribution is 5.43. The van der Waals surface area contributed by atoms with E-state index < -0.39 is 0 Å². The number of aryl methyl sites for hydroxylation is 1. The molecular weight excluding hydrogens is 236 g/mol. The zero-order chi connectivity index (χ0) is 13.7. The van der Waals surface area contributed by atoms with Gasteiger partial charge in [-0.1, -0.05) is 19.1 Å². The second kappa shape index (κ2) is 6.18. The van der Waals surface area contributed by atoms with Crippen LogP contribution in [-0.4, -0.2) is 16.5 Å². The molecule has 0 saturated heterocycles. The second-order valence-electron chi connectivity index (χ2n) is 4.68. The van der Waals surface area contributed by atoms with Crippen LogP contribution in [0.3, 0.4) is 0 Å². The van der Waals surface area contributed by atoms with Crippen LogP contribution < -0.4 is 10.6 Å². The number of nitrogen functional groups attached to an aromatic ring is 1. The van der Waals surface area contributed by atoms with Gasteiger partial charge in [-0.05, 0) is 31.0 Å². The fourth-order valence-electron chi connectivity index (χ4n) is 2.00. The van der Waals surface area contributed by atoms with Gasteiger partial charge in [-0.2, -0.15) is 0 Å². The van der Waals surface area contributed by atoms with E-state index in [0.717, 1.165) is 36.7 Å². The minimum atomic E-state index is 0.795. The first-order valence-electron chi connectivity index (χ1n) is 6.57. The van der Waals surface area contributed by atoms with E-state index >= 15 is 0 Å². The topological polar surface area (TPSA) is 55.0 Å². The van der Waals surface area contributed by atoms with Gasteiger partial charge in [-0.25, -0.2) is 9.97 Å². The third-order valence-corrected chi connectivity index (χ3v) is 2.96. The van der Waals surface area contributed by atoms with Crippen molar-refractivity contribution >= 4 is 11.5 Å². The van der Waals surface area contributed by atoms with Crippen molar-refractivity contribution in [2.24, 2.45) is 0 Å². The molecule has 2 rings (SSSR count). The number of anilines is 2. The number of aromatic nitrogens is 2. The Hall–Kier alpha value is -2.10. The lowest BCUT2D eigenvalue weighted by Crippen LogP contribution is -2.24. The maximum atomic E-state index is 5.71. The molecule has 0 aliphatic carbocycles. The quantitative estimate of drug-likeness (QED) is 0.836. The number of nitrogens with two attached hydrogens (primary N) is 1. The summed E-state index contributed by atoms with van der Waals surface area (Å²) in [6, 6.07) is 10.0. The number of rotatable bonds is 5. The van der Waals surface area contributed by atoms with Crippen LogP contribution in [0.15, 0.2) is 36.7 Å². The predicted octanol–water partition coefficient (Wildman–Crippen LogP) is 2.78. The van der Waals surface area contributed by atoms with E-state index in [1.165, 1.54) is 5.56 Å². The molecule has 0 amide bonds. The van der Waals surface area contributed by atoms with Crippen molar-refractivity contribution in [2.75, 3.05) is 17.2 Å². The zero-order valence-electron chi connectivity index (χ0n) is 11.5. The van der Waals surface area contributed by atoms with Crippen molar-refractivity contribution in [3.63, 3.8) is 0 Å². The van der Waals surface area contributed by atoms with Gasteiger partial charge in [0, 0.05) is 30.5 Å². The molecule has 2 N–H and O–H groups in total. The highest BCUT2D eigenvalue weighted by Gasteiger charge is 2.08. The van der Waals surface area contributed by atoms with E-state index in [0.29, 0.717) is 0 Å². The van der Waals surface area contributed by atoms with Crippen LogP contribution in [0.25, 0.3) is 0 Å². The molecule has 0 aliphatic heterocycles. The van der Waals surface area contributed by atoms with Crippen LogP contribution >= 0.6 is 0 Å². The Bertz CT molecular complexity index is 522. The molecule has 4 heteroatoms. The number of hydrogen-bond donors (Lipinski definition) is 1. The molecule has 0 saturated carbocycles. The van der Waals surface area contributed by atoms with Crippen molar-refractivity contribution in [2.45, 2.75) is 26.8 Å². The van der Waals surface area contributed by atoms with E-state index in [4.69, 9.17) is 5.73 Å². The Kier molecular flexibility index (Phi) is 4.34. The Morgan fingerprint density at radius 3 is 2.53 bits per heavy atom. The van der Waals surface area contributed by atoms with Crippen LogP contribution in [0.4, 0.5) is 11.5 Å². The molecule has 100 valence electrons.